The zero-order valence-electron chi connectivity index (χ0n) is 12.1. The molecule has 2 aromatic heterocycles. The molecule has 0 saturated carbocycles. The molecule has 1 aromatic carbocycles. The lowest BCUT2D eigenvalue weighted by Gasteiger charge is -2.07. The molecule has 0 bridgehead atoms. The van der Waals surface area contributed by atoms with E-state index in [1.807, 2.05) is 18.2 Å². The Morgan fingerprint density at radius 1 is 1.23 bits per heavy atom. The third kappa shape index (κ3) is 2.98. The monoisotopic (exact) mass is 335 g/mol. The van der Waals surface area contributed by atoms with E-state index in [2.05, 4.69) is 15.0 Å². The Morgan fingerprint density at radius 2 is 2.09 bits per heavy atom. The molecule has 2 heterocycles. The number of aromatic amines is 1. The van der Waals surface area contributed by atoms with Gasteiger partial charge in [0.1, 0.15) is 5.75 Å². The van der Waals surface area contributed by atoms with Crippen molar-refractivity contribution in [1.29, 1.82) is 0 Å². The Hall–Kier alpha value is -1.92. The molecule has 0 atom stereocenters. The van der Waals surface area contributed by atoms with Crippen LogP contribution in [0.5, 0.6) is 11.5 Å². The van der Waals surface area contributed by atoms with Crippen LogP contribution in [0.3, 0.4) is 0 Å². The highest BCUT2D eigenvalue weighted by Gasteiger charge is 2.11. The number of imidazole rings is 1. The van der Waals surface area contributed by atoms with E-state index >= 15 is 0 Å². The van der Waals surface area contributed by atoms with Crippen molar-refractivity contribution in [2.45, 2.75) is 10.9 Å². The first-order valence-corrected chi connectivity index (χ1v) is 7.91. The van der Waals surface area contributed by atoms with E-state index < -0.39 is 0 Å². The van der Waals surface area contributed by atoms with Crippen LogP contribution in [0.25, 0.3) is 11.0 Å². The molecule has 0 aliphatic carbocycles. The molecule has 0 spiro atoms. The second-order valence-electron chi connectivity index (χ2n) is 4.49. The largest absolute Gasteiger partial charge is 0.497 e. The number of methoxy groups -OCH3 is 2. The van der Waals surface area contributed by atoms with Gasteiger partial charge in [-0.1, -0.05) is 23.4 Å². The lowest BCUT2D eigenvalue weighted by Crippen LogP contribution is -1.94. The van der Waals surface area contributed by atoms with Gasteiger partial charge in [0, 0.05) is 18.0 Å². The maximum atomic E-state index is 6.10. The van der Waals surface area contributed by atoms with E-state index in [9.17, 15) is 0 Å². The fourth-order valence-electron chi connectivity index (χ4n) is 2.08. The Morgan fingerprint density at radius 3 is 2.86 bits per heavy atom. The van der Waals surface area contributed by atoms with Crippen LogP contribution in [-0.4, -0.2) is 29.2 Å². The summed E-state index contributed by atoms with van der Waals surface area (Å²) < 4.78 is 10.5. The number of H-pyrrole nitrogens is 1. The first-order chi connectivity index (χ1) is 10.7. The average molecular weight is 336 g/mol. The number of hydrogen-bond acceptors (Lipinski definition) is 5. The van der Waals surface area contributed by atoms with Crippen LogP contribution in [-0.2, 0) is 5.75 Å². The maximum absolute atomic E-state index is 6.10. The molecule has 0 unspecified atom stereocenters. The van der Waals surface area contributed by atoms with Crippen molar-refractivity contribution in [1.82, 2.24) is 15.0 Å². The third-order valence-corrected chi connectivity index (χ3v) is 4.33. The van der Waals surface area contributed by atoms with Crippen molar-refractivity contribution in [3.05, 3.63) is 41.2 Å². The normalized spacial score (nSPS) is 10.9. The van der Waals surface area contributed by atoms with Crippen molar-refractivity contribution in [3.63, 3.8) is 0 Å². The van der Waals surface area contributed by atoms with Crippen LogP contribution in [0, 0.1) is 0 Å². The summed E-state index contributed by atoms with van der Waals surface area (Å²) in [4.78, 5) is 12.1. The van der Waals surface area contributed by atoms with Gasteiger partial charge in [0.15, 0.2) is 10.9 Å². The SMILES string of the molecule is COc1ccc2nc(SCc3nccc(Cl)c3OC)[nH]c2c1. The molecule has 0 radical (unpaired) electrons. The number of ether oxygens (including phenoxy) is 2. The molecular formula is C15H14ClN3O2S. The zero-order chi connectivity index (χ0) is 15.5. The van der Waals surface area contributed by atoms with Crippen LogP contribution < -0.4 is 9.47 Å². The molecule has 3 rings (SSSR count). The second-order valence-corrected chi connectivity index (χ2v) is 5.86. The number of nitrogens with one attached hydrogen (secondary N) is 1. The molecule has 0 amide bonds. The molecule has 0 aliphatic heterocycles. The molecule has 0 aliphatic rings. The summed E-state index contributed by atoms with van der Waals surface area (Å²) >= 11 is 7.64. The van der Waals surface area contributed by atoms with E-state index in [0.717, 1.165) is 27.6 Å². The first kappa shape index (κ1) is 15.0. The number of rotatable bonds is 5. The highest BCUT2D eigenvalue weighted by atomic mass is 35.5. The third-order valence-electron chi connectivity index (χ3n) is 3.15. The number of halogens is 1. The molecule has 1 N–H and O–H groups in total. The standard InChI is InChI=1S/C15H14ClN3O2S/c1-20-9-3-4-11-12(7-9)19-15(18-11)22-8-13-14(21-2)10(16)5-6-17-13/h3-7H,8H2,1-2H3,(H,18,19). The zero-order valence-corrected chi connectivity index (χ0v) is 13.7. The summed E-state index contributed by atoms with van der Waals surface area (Å²) in [5, 5.41) is 1.37. The average Bonchev–Trinajstić information content (AvgIpc) is 2.94. The number of thioether (sulfide) groups is 1. The number of fused-ring (bicyclic) bond motifs is 1. The summed E-state index contributed by atoms with van der Waals surface area (Å²) in [6.45, 7) is 0. The van der Waals surface area contributed by atoms with Gasteiger partial charge in [0.2, 0.25) is 0 Å². The minimum absolute atomic E-state index is 0.558. The fraction of sp³-hybridized carbons (Fsp3) is 0.200. The van der Waals surface area contributed by atoms with Crippen LogP contribution >= 0.6 is 23.4 Å². The van der Waals surface area contributed by atoms with Crippen LogP contribution in [0.4, 0.5) is 0 Å². The van der Waals surface area contributed by atoms with E-state index in [4.69, 9.17) is 21.1 Å². The highest BCUT2D eigenvalue weighted by Crippen LogP contribution is 2.31. The summed E-state index contributed by atoms with van der Waals surface area (Å²) in [5.41, 5.74) is 2.63. The first-order valence-electron chi connectivity index (χ1n) is 6.55. The molecule has 22 heavy (non-hydrogen) atoms. The summed E-state index contributed by atoms with van der Waals surface area (Å²) in [7, 11) is 3.23. The van der Waals surface area contributed by atoms with Crippen LogP contribution in [0.1, 0.15) is 5.69 Å². The smallest absolute Gasteiger partial charge is 0.166 e. The van der Waals surface area contributed by atoms with E-state index in [0.29, 0.717) is 16.5 Å². The summed E-state index contributed by atoms with van der Waals surface area (Å²) in [5.74, 6) is 2.01. The quantitative estimate of drug-likeness (QED) is 0.716. The molecular weight excluding hydrogens is 322 g/mol. The van der Waals surface area contributed by atoms with E-state index in [-0.39, 0.29) is 0 Å². The molecule has 0 fully saturated rings. The van der Waals surface area contributed by atoms with Gasteiger partial charge in [-0.05, 0) is 18.2 Å². The Kier molecular flexibility index (Phi) is 4.40. The maximum Gasteiger partial charge on any atom is 0.166 e. The number of benzene rings is 1. The van der Waals surface area contributed by atoms with Gasteiger partial charge < -0.3 is 14.5 Å². The lowest BCUT2D eigenvalue weighted by molar-refractivity contribution is 0.409. The molecule has 114 valence electrons. The van der Waals surface area contributed by atoms with Crippen molar-refractivity contribution >= 4 is 34.4 Å². The Labute approximate surface area is 137 Å². The second kappa shape index (κ2) is 6.46. The Bertz CT molecular complexity index is 807. The minimum Gasteiger partial charge on any atom is -0.497 e. The van der Waals surface area contributed by atoms with Crippen molar-refractivity contribution in [3.8, 4) is 11.5 Å². The van der Waals surface area contributed by atoms with Crippen molar-refractivity contribution in [2.75, 3.05) is 14.2 Å². The summed E-state index contributed by atoms with van der Waals surface area (Å²) in [6.07, 6.45) is 1.67. The van der Waals surface area contributed by atoms with Crippen molar-refractivity contribution in [2.24, 2.45) is 0 Å². The molecule has 7 heteroatoms. The van der Waals surface area contributed by atoms with E-state index in [1.165, 1.54) is 0 Å². The molecule has 0 saturated heterocycles. The van der Waals surface area contributed by atoms with Crippen LogP contribution in [0.2, 0.25) is 5.02 Å². The predicted molar refractivity (Wildman–Crippen MR) is 88.0 cm³/mol. The highest BCUT2D eigenvalue weighted by molar-refractivity contribution is 7.98. The Balaban J connectivity index is 1.81. The number of nitrogens with zero attached hydrogens (tertiary/aromatic N) is 2. The van der Waals surface area contributed by atoms with Gasteiger partial charge in [-0.25, -0.2) is 4.98 Å². The van der Waals surface area contributed by atoms with Gasteiger partial charge in [-0.2, -0.15) is 0 Å². The van der Waals surface area contributed by atoms with Gasteiger partial charge in [0.05, 0.1) is 36.0 Å². The predicted octanol–water partition coefficient (Wildman–Crippen LogP) is 3.92. The van der Waals surface area contributed by atoms with Gasteiger partial charge in [0.25, 0.3) is 0 Å². The topological polar surface area (TPSA) is 60.0 Å². The van der Waals surface area contributed by atoms with Gasteiger partial charge in [-0.3, -0.25) is 4.98 Å². The van der Waals surface area contributed by atoms with Crippen molar-refractivity contribution < 1.29 is 9.47 Å². The molecule has 3 aromatic rings. The van der Waals surface area contributed by atoms with Gasteiger partial charge in [-0.15, -0.1) is 0 Å². The van der Waals surface area contributed by atoms with Crippen LogP contribution in [0.15, 0.2) is 35.6 Å². The fourth-order valence-corrected chi connectivity index (χ4v) is 3.15. The minimum atomic E-state index is 0.558. The van der Waals surface area contributed by atoms with E-state index in [1.54, 1.807) is 38.2 Å². The van der Waals surface area contributed by atoms with Gasteiger partial charge >= 0.3 is 0 Å². The number of aromatic nitrogens is 3. The summed E-state index contributed by atoms with van der Waals surface area (Å²) in [6, 6.07) is 7.44. The number of hydrogen-bond donors (Lipinski definition) is 1. The molecule has 5 nitrogen and oxygen atoms in total. The lowest BCUT2D eigenvalue weighted by atomic mass is 10.3. The number of pyridine rings is 1.